The molecule has 3 aromatic rings. The van der Waals surface area contributed by atoms with E-state index in [-0.39, 0.29) is 17.0 Å². The number of rotatable bonds is 4. The summed E-state index contributed by atoms with van der Waals surface area (Å²) in [5, 5.41) is 2.53. The van der Waals surface area contributed by atoms with Crippen molar-refractivity contribution in [3.05, 3.63) is 88.5 Å². The molecule has 0 aliphatic carbocycles. The molecule has 0 saturated carbocycles. The van der Waals surface area contributed by atoms with Crippen LogP contribution in [0.2, 0.25) is 0 Å². The van der Waals surface area contributed by atoms with Gasteiger partial charge < -0.3 is 10.1 Å². The average Bonchev–Trinajstić information content (AvgIpc) is 2.66. The first kappa shape index (κ1) is 21.3. The molecular formula is C22H16F5NO2. The number of benzene rings is 3. The summed E-state index contributed by atoms with van der Waals surface area (Å²) in [5.41, 5.74) is -0.147. The second-order valence-electron chi connectivity index (χ2n) is 6.61. The number of hydrogen-bond acceptors (Lipinski definition) is 2. The van der Waals surface area contributed by atoms with E-state index in [0.29, 0.717) is 29.3 Å². The van der Waals surface area contributed by atoms with Gasteiger partial charge in [-0.05, 0) is 61.4 Å². The van der Waals surface area contributed by atoms with E-state index in [1.165, 1.54) is 24.3 Å². The van der Waals surface area contributed by atoms with Gasteiger partial charge in [0.15, 0.2) is 0 Å². The molecule has 0 aromatic heterocycles. The Morgan fingerprint density at radius 2 is 1.53 bits per heavy atom. The summed E-state index contributed by atoms with van der Waals surface area (Å²) >= 11 is 0. The number of carbonyl (C=O) groups excluding carboxylic acids is 1. The molecule has 3 aromatic carbocycles. The van der Waals surface area contributed by atoms with E-state index >= 15 is 0 Å². The van der Waals surface area contributed by atoms with Gasteiger partial charge in [-0.3, -0.25) is 4.79 Å². The van der Waals surface area contributed by atoms with E-state index in [1.807, 2.05) is 0 Å². The minimum atomic E-state index is -4.72. The number of carbonyl (C=O) groups is 1. The lowest BCUT2D eigenvalue weighted by Gasteiger charge is -2.14. The van der Waals surface area contributed by atoms with Crippen LogP contribution in [0.4, 0.5) is 27.6 Å². The molecule has 30 heavy (non-hydrogen) atoms. The molecule has 0 heterocycles. The Morgan fingerprint density at radius 1 is 0.900 bits per heavy atom. The standard InChI is InChI=1S/C22H16F5NO2/c1-12-3-4-13(2)20(24)19(12)21(29)28-15-6-8-16(9-7-15)30-18-11-14(23)5-10-17(18)22(25,26)27/h3-11H,1-2H3,(H,28,29). The van der Waals surface area contributed by atoms with Crippen molar-refractivity contribution in [3.8, 4) is 11.5 Å². The summed E-state index contributed by atoms with van der Waals surface area (Å²) in [5.74, 6) is -2.85. The summed E-state index contributed by atoms with van der Waals surface area (Å²) in [7, 11) is 0. The van der Waals surface area contributed by atoms with Crippen LogP contribution in [0.3, 0.4) is 0 Å². The summed E-state index contributed by atoms with van der Waals surface area (Å²) in [6, 6.07) is 10.5. The molecule has 8 heteroatoms. The summed E-state index contributed by atoms with van der Waals surface area (Å²) in [4.78, 5) is 12.4. The van der Waals surface area contributed by atoms with Crippen LogP contribution < -0.4 is 10.1 Å². The van der Waals surface area contributed by atoms with Crippen LogP contribution in [0.15, 0.2) is 54.6 Å². The molecule has 3 nitrogen and oxygen atoms in total. The zero-order chi connectivity index (χ0) is 22.1. The first-order chi connectivity index (χ1) is 14.1. The molecular weight excluding hydrogens is 405 g/mol. The Balaban J connectivity index is 1.79. The predicted molar refractivity (Wildman–Crippen MR) is 102 cm³/mol. The zero-order valence-electron chi connectivity index (χ0n) is 15.9. The highest BCUT2D eigenvalue weighted by molar-refractivity contribution is 6.05. The van der Waals surface area contributed by atoms with Crippen molar-refractivity contribution in [2.75, 3.05) is 5.32 Å². The smallest absolute Gasteiger partial charge is 0.419 e. The second kappa shape index (κ2) is 8.14. The molecule has 0 saturated heterocycles. The molecule has 0 spiro atoms. The van der Waals surface area contributed by atoms with Crippen molar-refractivity contribution in [1.82, 2.24) is 0 Å². The van der Waals surface area contributed by atoms with Crippen LogP contribution in [-0.4, -0.2) is 5.91 Å². The van der Waals surface area contributed by atoms with Gasteiger partial charge in [0.25, 0.3) is 5.91 Å². The maximum atomic E-state index is 14.3. The molecule has 0 fully saturated rings. The molecule has 3 rings (SSSR count). The number of anilines is 1. The summed E-state index contributed by atoms with van der Waals surface area (Å²) < 4.78 is 72.0. The number of ether oxygens (including phenoxy) is 1. The molecule has 1 N–H and O–H groups in total. The Morgan fingerprint density at radius 3 is 2.17 bits per heavy atom. The fourth-order valence-corrected chi connectivity index (χ4v) is 2.80. The Hall–Kier alpha value is -3.42. The van der Waals surface area contributed by atoms with Gasteiger partial charge in [-0.2, -0.15) is 13.2 Å². The van der Waals surface area contributed by atoms with Crippen molar-refractivity contribution in [2.24, 2.45) is 0 Å². The third-order valence-electron chi connectivity index (χ3n) is 4.36. The van der Waals surface area contributed by atoms with Gasteiger partial charge in [-0.1, -0.05) is 12.1 Å². The molecule has 0 unspecified atom stereocenters. The maximum Gasteiger partial charge on any atom is 0.419 e. The third kappa shape index (κ3) is 4.59. The van der Waals surface area contributed by atoms with Crippen molar-refractivity contribution in [1.29, 1.82) is 0 Å². The van der Waals surface area contributed by atoms with E-state index in [1.54, 1.807) is 26.0 Å². The highest BCUT2D eigenvalue weighted by Gasteiger charge is 2.34. The lowest BCUT2D eigenvalue weighted by atomic mass is 10.0. The van der Waals surface area contributed by atoms with Crippen molar-refractivity contribution in [3.63, 3.8) is 0 Å². The number of hydrogen-bond donors (Lipinski definition) is 1. The maximum absolute atomic E-state index is 14.3. The van der Waals surface area contributed by atoms with Crippen molar-refractivity contribution >= 4 is 11.6 Å². The topological polar surface area (TPSA) is 38.3 Å². The Bertz CT molecular complexity index is 1090. The van der Waals surface area contributed by atoms with Gasteiger partial charge in [-0.15, -0.1) is 0 Å². The molecule has 0 radical (unpaired) electrons. The Kier molecular flexibility index (Phi) is 5.78. The van der Waals surface area contributed by atoms with E-state index in [9.17, 15) is 26.7 Å². The average molecular weight is 421 g/mol. The van der Waals surface area contributed by atoms with E-state index in [2.05, 4.69) is 5.32 Å². The van der Waals surface area contributed by atoms with Gasteiger partial charge in [-0.25, -0.2) is 8.78 Å². The lowest BCUT2D eigenvalue weighted by Crippen LogP contribution is -2.16. The van der Waals surface area contributed by atoms with Gasteiger partial charge in [0, 0.05) is 11.8 Å². The van der Waals surface area contributed by atoms with Gasteiger partial charge in [0.1, 0.15) is 23.1 Å². The monoisotopic (exact) mass is 421 g/mol. The first-order valence-corrected chi connectivity index (χ1v) is 8.78. The third-order valence-corrected chi connectivity index (χ3v) is 4.36. The van der Waals surface area contributed by atoms with Crippen LogP contribution in [0.25, 0.3) is 0 Å². The van der Waals surface area contributed by atoms with E-state index in [4.69, 9.17) is 4.74 Å². The number of alkyl halides is 3. The summed E-state index contributed by atoms with van der Waals surface area (Å²) in [6.45, 7) is 3.14. The highest BCUT2D eigenvalue weighted by atomic mass is 19.4. The SMILES string of the molecule is Cc1ccc(C)c(C(=O)Nc2ccc(Oc3cc(F)ccc3C(F)(F)F)cc2)c1F. The van der Waals surface area contributed by atoms with Crippen molar-refractivity contribution < 1.29 is 31.5 Å². The molecule has 0 aliphatic rings. The fourth-order valence-electron chi connectivity index (χ4n) is 2.80. The molecule has 0 atom stereocenters. The minimum Gasteiger partial charge on any atom is -0.457 e. The number of halogens is 5. The van der Waals surface area contributed by atoms with Crippen LogP contribution in [-0.2, 0) is 6.18 Å². The molecule has 0 aliphatic heterocycles. The van der Waals surface area contributed by atoms with Crippen LogP contribution in [0, 0.1) is 25.5 Å². The molecule has 0 bridgehead atoms. The second-order valence-corrected chi connectivity index (χ2v) is 6.61. The van der Waals surface area contributed by atoms with Gasteiger partial charge in [0.2, 0.25) is 0 Å². The largest absolute Gasteiger partial charge is 0.457 e. The quantitative estimate of drug-likeness (QED) is 0.479. The minimum absolute atomic E-state index is 0.00187. The number of nitrogens with one attached hydrogen (secondary N) is 1. The summed E-state index contributed by atoms with van der Waals surface area (Å²) in [6.07, 6.45) is -4.72. The predicted octanol–water partition coefficient (Wildman–Crippen LogP) is 6.65. The van der Waals surface area contributed by atoms with Gasteiger partial charge in [0.05, 0.1) is 11.1 Å². The van der Waals surface area contributed by atoms with E-state index in [0.717, 1.165) is 0 Å². The fraction of sp³-hybridized carbons (Fsp3) is 0.136. The molecule has 156 valence electrons. The first-order valence-electron chi connectivity index (χ1n) is 8.78. The number of amides is 1. The van der Waals surface area contributed by atoms with Gasteiger partial charge >= 0.3 is 6.18 Å². The van der Waals surface area contributed by atoms with Crippen molar-refractivity contribution in [2.45, 2.75) is 20.0 Å². The highest BCUT2D eigenvalue weighted by Crippen LogP contribution is 2.38. The van der Waals surface area contributed by atoms with E-state index < -0.39 is 35.0 Å². The molecule has 1 amide bonds. The lowest BCUT2D eigenvalue weighted by molar-refractivity contribution is -0.138. The van der Waals surface area contributed by atoms with Crippen LogP contribution >= 0.6 is 0 Å². The number of aryl methyl sites for hydroxylation is 2. The Labute approximate surface area is 169 Å². The zero-order valence-corrected chi connectivity index (χ0v) is 15.9. The van der Waals surface area contributed by atoms with Crippen LogP contribution in [0.5, 0.6) is 11.5 Å². The van der Waals surface area contributed by atoms with Crippen LogP contribution in [0.1, 0.15) is 27.0 Å². The normalized spacial score (nSPS) is 11.3.